The average molecular weight is 411 g/mol. The molecule has 2 nitrogen and oxygen atoms in total. The third kappa shape index (κ3) is 4.48. The van der Waals surface area contributed by atoms with Gasteiger partial charge in [0.25, 0.3) is 0 Å². The smallest absolute Gasteiger partial charge is 0.169 e. The van der Waals surface area contributed by atoms with Crippen LogP contribution in [0, 0.1) is 0 Å². The first-order valence-corrected chi connectivity index (χ1v) is 12.9. The molecule has 0 aromatic heterocycles. The van der Waals surface area contributed by atoms with E-state index in [0.29, 0.717) is 0 Å². The molecule has 0 saturated heterocycles. The van der Waals surface area contributed by atoms with Gasteiger partial charge in [0.05, 0.1) is 14.2 Å². The topological polar surface area (TPSA) is 18.5 Å². The molecule has 2 aromatic rings. The van der Waals surface area contributed by atoms with Crippen LogP contribution in [-0.4, -0.2) is 25.5 Å². The summed E-state index contributed by atoms with van der Waals surface area (Å²) in [5.41, 5.74) is 4.02. The zero-order chi connectivity index (χ0) is 20.1. The molecule has 2 aliphatic carbocycles. The van der Waals surface area contributed by atoms with Gasteiger partial charge >= 0.3 is 0 Å². The second-order valence-corrected chi connectivity index (χ2v) is 11.3. The second kappa shape index (κ2) is 9.98. The standard InChI is InChI=1S/C26H35O2P/c1-27-25-23(20-12-6-3-7-13-20)18-19-24(26(25)28-2)29(21-14-8-4-9-15-21)22-16-10-5-11-17-22/h3,6-7,12-13,18-19,21-22H,4-5,8-11,14-17H2,1-2H3. The molecular formula is C26H35O2P. The van der Waals surface area contributed by atoms with Crippen molar-refractivity contribution in [3.05, 3.63) is 42.5 Å². The molecule has 0 atom stereocenters. The number of ether oxygens (including phenoxy) is 2. The highest BCUT2D eigenvalue weighted by Gasteiger charge is 2.35. The van der Waals surface area contributed by atoms with Crippen LogP contribution in [-0.2, 0) is 0 Å². The molecule has 156 valence electrons. The third-order valence-corrected chi connectivity index (χ3v) is 10.3. The van der Waals surface area contributed by atoms with E-state index in [0.717, 1.165) is 28.4 Å². The van der Waals surface area contributed by atoms with Crippen molar-refractivity contribution in [2.45, 2.75) is 75.5 Å². The maximum absolute atomic E-state index is 6.08. The van der Waals surface area contributed by atoms with Gasteiger partial charge in [-0.2, -0.15) is 0 Å². The van der Waals surface area contributed by atoms with Gasteiger partial charge in [0.2, 0.25) is 0 Å². The van der Waals surface area contributed by atoms with Gasteiger partial charge in [-0.25, -0.2) is 0 Å². The van der Waals surface area contributed by atoms with E-state index < -0.39 is 0 Å². The highest BCUT2D eigenvalue weighted by Crippen LogP contribution is 2.57. The number of hydrogen-bond donors (Lipinski definition) is 0. The first-order chi connectivity index (χ1) is 14.3. The highest BCUT2D eigenvalue weighted by atomic mass is 31.1. The molecule has 0 spiro atoms. The average Bonchev–Trinajstić information content (AvgIpc) is 2.80. The summed E-state index contributed by atoms with van der Waals surface area (Å²) in [4.78, 5) is 0. The van der Waals surface area contributed by atoms with E-state index in [9.17, 15) is 0 Å². The lowest BCUT2D eigenvalue weighted by Gasteiger charge is -2.39. The van der Waals surface area contributed by atoms with Gasteiger partial charge in [0.1, 0.15) is 0 Å². The Balaban J connectivity index is 1.79. The zero-order valence-corrected chi connectivity index (χ0v) is 18.9. The van der Waals surface area contributed by atoms with Gasteiger partial charge < -0.3 is 9.47 Å². The van der Waals surface area contributed by atoms with Crippen LogP contribution in [0.5, 0.6) is 11.5 Å². The lowest BCUT2D eigenvalue weighted by Crippen LogP contribution is -2.27. The molecule has 2 saturated carbocycles. The summed E-state index contributed by atoms with van der Waals surface area (Å²) < 4.78 is 12.1. The Morgan fingerprint density at radius 1 is 0.655 bits per heavy atom. The van der Waals surface area contributed by atoms with Gasteiger partial charge in [-0.1, -0.05) is 76.8 Å². The summed E-state index contributed by atoms with van der Waals surface area (Å²) in [6.45, 7) is 0. The van der Waals surface area contributed by atoms with Crippen molar-refractivity contribution >= 4 is 13.2 Å². The fourth-order valence-electron chi connectivity index (χ4n) is 5.41. The Labute approximate surface area is 177 Å². The van der Waals surface area contributed by atoms with E-state index in [4.69, 9.17) is 9.47 Å². The molecule has 0 radical (unpaired) electrons. The van der Waals surface area contributed by atoms with Gasteiger partial charge in [-0.15, -0.1) is 0 Å². The van der Waals surface area contributed by atoms with Crippen molar-refractivity contribution < 1.29 is 9.47 Å². The molecule has 0 unspecified atom stereocenters. The first-order valence-electron chi connectivity index (χ1n) is 11.4. The second-order valence-electron chi connectivity index (χ2n) is 8.56. The van der Waals surface area contributed by atoms with E-state index in [1.165, 1.54) is 75.1 Å². The normalized spacial score (nSPS) is 18.7. The molecule has 4 rings (SSSR count). The first kappa shape index (κ1) is 20.7. The molecular weight excluding hydrogens is 375 g/mol. The minimum atomic E-state index is -0.227. The van der Waals surface area contributed by atoms with Crippen LogP contribution in [0.2, 0.25) is 0 Å². The maximum atomic E-state index is 6.08. The van der Waals surface area contributed by atoms with Crippen molar-refractivity contribution in [1.82, 2.24) is 0 Å². The summed E-state index contributed by atoms with van der Waals surface area (Å²) in [5.74, 6) is 1.91. The molecule has 0 amide bonds. The van der Waals surface area contributed by atoms with Crippen LogP contribution >= 0.6 is 7.92 Å². The number of hydrogen-bond acceptors (Lipinski definition) is 2. The molecule has 0 bridgehead atoms. The van der Waals surface area contributed by atoms with E-state index in [2.05, 4.69) is 42.5 Å². The Kier molecular flexibility index (Phi) is 7.14. The van der Waals surface area contributed by atoms with Crippen LogP contribution in [0.4, 0.5) is 0 Å². The fraction of sp³-hybridized carbons (Fsp3) is 0.538. The Bertz CT molecular complexity index is 759. The lowest BCUT2D eigenvalue weighted by atomic mass is 9.99. The molecule has 0 N–H and O–H groups in total. The fourth-order valence-corrected chi connectivity index (χ4v) is 9.31. The van der Waals surface area contributed by atoms with Crippen LogP contribution in [0.15, 0.2) is 42.5 Å². The Morgan fingerprint density at radius 2 is 1.21 bits per heavy atom. The van der Waals surface area contributed by atoms with Crippen molar-refractivity contribution in [3.8, 4) is 22.6 Å². The van der Waals surface area contributed by atoms with Crippen molar-refractivity contribution in [2.24, 2.45) is 0 Å². The minimum Gasteiger partial charge on any atom is -0.492 e. The molecule has 2 fully saturated rings. The summed E-state index contributed by atoms with van der Waals surface area (Å²) in [6, 6.07) is 15.2. The van der Waals surface area contributed by atoms with Gasteiger partial charge in [-0.3, -0.25) is 0 Å². The zero-order valence-electron chi connectivity index (χ0n) is 18.0. The highest BCUT2D eigenvalue weighted by molar-refractivity contribution is 7.67. The third-order valence-electron chi connectivity index (χ3n) is 6.80. The maximum Gasteiger partial charge on any atom is 0.169 e. The Morgan fingerprint density at radius 3 is 1.72 bits per heavy atom. The van der Waals surface area contributed by atoms with Crippen LogP contribution < -0.4 is 14.8 Å². The van der Waals surface area contributed by atoms with Gasteiger partial charge in [0.15, 0.2) is 11.5 Å². The minimum absolute atomic E-state index is 0.227. The van der Waals surface area contributed by atoms with Crippen LogP contribution in [0.25, 0.3) is 11.1 Å². The van der Waals surface area contributed by atoms with E-state index in [-0.39, 0.29) is 7.92 Å². The molecule has 29 heavy (non-hydrogen) atoms. The number of methoxy groups -OCH3 is 2. The monoisotopic (exact) mass is 410 g/mol. The van der Waals surface area contributed by atoms with Crippen molar-refractivity contribution in [3.63, 3.8) is 0 Å². The van der Waals surface area contributed by atoms with Crippen LogP contribution in [0.1, 0.15) is 64.2 Å². The molecule has 0 aliphatic heterocycles. The van der Waals surface area contributed by atoms with E-state index >= 15 is 0 Å². The molecule has 0 heterocycles. The molecule has 3 heteroatoms. The summed E-state index contributed by atoms with van der Waals surface area (Å²) in [5, 5.41) is 1.46. The Hall–Kier alpha value is -1.53. The van der Waals surface area contributed by atoms with E-state index in [1.54, 1.807) is 7.11 Å². The summed E-state index contributed by atoms with van der Waals surface area (Å²) >= 11 is 0. The predicted molar refractivity (Wildman–Crippen MR) is 125 cm³/mol. The van der Waals surface area contributed by atoms with Crippen molar-refractivity contribution in [2.75, 3.05) is 14.2 Å². The molecule has 2 aliphatic rings. The summed E-state index contributed by atoms with van der Waals surface area (Å²) in [7, 11) is 3.39. The summed E-state index contributed by atoms with van der Waals surface area (Å²) in [6.07, 6.45) is 14.0. The lowest BCUT2D eigenvalue weighted by molar-refractivity contribution is 0.358. The van der Waals surface area contributed by atoms with E-state index in [1.807, 2.05) is 7.11 Å². The molecule has 2 aromatic carbocycles. The number of rotatable bonds is 6. The largest absolute Gasteiger partial charge is 0.492 e. The number of benzene rings is 2. The van der Waals surface area contributed by atoms with Crippen molar-refractivity contribution in [1.29, 1.82) is 0 Å². The SMILES string of the molecule is COc1c(-c2ccccc2)ccc(P(C2CCCCC2)C2CCCCC2)c1OC. The van der Waals surface area contributed by atoms with Gasteiger partial charge in [0, 0.05) is 10.9 Å². The predicted octanol–water partition coefficient (Wildman–Crippen LogP) is 7.14. The van der Waals surface area contributed by atoms with Crippen LogP contribution in [0.3, 0.4) is 0 Å². The van der Waals surface area contributed by atoms with Gasteiger partial charge in [-0.05, 0) is 54.7 Å². The quantitative estimate of drug-likeness (QED) is 0.471.